The molecule has 1 N–H and O–H groups in total. The number of ether oxygens (including phenoxy) is 3. The first-order valence-corrected chi connectivity index (χ1v) is 15.6. The van der Waals surface area contributed by atoms with Gasteiger partial charge in [-0.2, -0.15) is 18.4 Å². The Bertz CT molecular complexity index is 2000. The third-order valence-electron chi connectivity index (χ3n) is 8.84. The highest BCUT2D eigenvalue weighted by Crippen LogP contribution is 2.44. The fourth-order valence-electron chi connectivity index (χ4n) is 6.27. The standard InChI is InChI=1S/C39H32F4N4O3/c1-37(33-20-26(9-18-34(33)40)27-19-25(22-44)23-45-24-27)21-35(39(41,42)43)50-36(46-37)47-38(28-7-5-4-6-8-28,29-10-14-31(48-2)15-11-29)30-12-16-32(49-3)17-13-30/h4-20,23-24,35H,21H2,1-3H3,(H,46,47)/t35-,37+/m0/s1. The van der Waals surface area contributed by atoms with Crippen LogP contribution in [0, 0.1) is 17.1 Å². The van der Waals surface area contributed by atoms with Crippen LogP contribution in [0.5, 0.6) is 11.5 Å². The van der Waals surface area contributed by atoms with Crippen LogP contribution in [0.4, 0.5) is 17.6 Å². The van der Waals surface area contributed by atoms with Crippen LogP contribution in [0.2, 0.25) is 0 Å². The number of nitrogens with zero attached hydrogens (tertiary/aromatic N) is 3. The third kappa shape index (κ3) is 6.57. The number of methoxy groups -OCH3 is 2. The van der Waals surface area contributed by atoms with Gasteiger partial charge in [-0.1, -0.05) is 60.7 Å². The lowest BCUT2D eigenvalue weighted by molar-refractivity contribution is -0.209. The second kappa shape index (κ2) is 13.6. The van der Waals surface area contributed by atoms with Crippen molar-refractivity contribution in [3.8, 4) is 28.7 Å². The molecule has 0 saturated heterocycles. The Balaban J connectivity index is 1.56. The lowest BCUT2D eigenvalue weighted by Crippen LogP contribution is -2.54. The summed E-state index contributed by atoms with van der Waals surface area (Å²) in [6.07, 6.45) is -4.97. The SMILES string of the molecule is COc1ccc(C(NC2=N[C@@](C)(c3cc(-c4cncc(C#N)c4)ccc3F)C[C@@H](C(F)(F)F)O2)(c2ccccc2)c2ccc(OC)cc2)cc1. The quantitative estimate of drug-likeness (QED) is 0.131. The Morgan fingerprint density at radius 1 is 0.820 bits per heavy atom. The van der Waals surface area contributed by atoms with Crippen LogP contribution in [0.15, 0.2) is 121 Å². The number of nitriles is 1. The van der Waals surface area contributed by atoms with E-state index in [0.29, 0.717) is 39.3 Å². The number of benzene rings is 4. The normalized spacial score (nSPS) is 17.6. The molecule has 1 aliphatic rings. The summed E-state index contributed by atoms with van der Waals surface area (Å²) in [7, 11) is 3.07. The number of halogens is 4. The van der Waals surface area contributed by atoms with E-state index in [1.165, 1.54) is 51.7 Å². The van der Waals surface area contributed by atoms with Crippen molar-refractivity contribution in [1.29, 1.82) is 5.26 Å². The fourth-order valence-corrected chi connectivity index (χ4v) is 6.27. The summed E-state index contributed by atoms with van der Waals surface area (Å²) in [4.78, 5) is 8.81. The van der Waals surface area contributed by atoms with E-state index in [1.807, 2.05) is 36.4 Å². The number of alkyl halides is 3. The van der Waals surface area contributed by atoms with Crippen LogP contribution >= 0.6 is 0 Å². The van der Waals surface area contributed by atoms with Crippen molar-refractivity contribution < 1.29 is 31.8 Å². The van der Waals surface area contributed by atoms with Gasteiger partial charge in [-0.15, -0.1) is 0 Å². The first kappa shape index (κ1) is 34.0. The molecule has 2 heterocycles. The molecule has 11 heteroatoms. The van der Waals surface area contributed by atoms with Gasteiger partial charge in [0.05, 0.1) is 25.3 Å². The smallest absolute Gasteiger partial charge is 0.425 e. The van der Waals surface area contributed by atoms with Gasteiger partial charge in [0.15, 0.2) is 6.10 Å². The largest absolute Gasteiger partial charge is 0.497 e. The van der Waals surface area contributed by atoms with Crippen molar-refractivity contribution in [3.05, 3.63) is 149 Å². The minimum absolute atomic E-state index is 0.0755. The van der Waals surface area contributed by atoms with Crippen LogP contribution in [-0.2, 0) is 15.8 Å². The molecule has 50 heavy (non-hydrogen) atoms. The van der Waals surface area contributed by atoms with E-state index in [2.05, 4.69) is 10.3 Å². The second-order valence-corrected chi connectivity index (χ2v) is 12.0. The predicted octanol–water partition coefficient (Wildman–Crippen LogP) is 8.28. The van der Waals surface area contributed by atoms with E-state index < -0.39 is 41.6 Å². The first-order chi connectivity index (χ1) is 24.0. The van der Waals surface area contributed by atoms with Gasteiger partial charge >= 0.3 is 6.18 Å². The van der Waals surface area contributed by atoms with Crippen LogP contribution in [0.25, 0.3) is 11.1 Å². The molecule has 1 aliphatic heterocycles. The number of aliphatic imine (C=N–C) groups is 1. The molecule has 0 bridgehead atoms. The number of amidine groups is 1. The zero-order valence-electron chi connectivity index (χ0n) is 27.3. The van der Waals surface area contributed by atoms with Crippen LogP contribution in [0.1, 0.15) is 41.2 Å². The Morgan fingerprint density at radius 3 is 1.98 bits per heavy atom. The van der Waals surface area contributed by atoms with Gasteiger partial charge in [-0.3, -0.25) is 4.98 Å². The fraction of sp³-hybridized carbons (Fsp3) is 0.205. The lowest BCUT2D eigenvalue weighted by Gasteiger charge is -2.42. The highest BCUT2D eigenvalue weighted by atomic mass is 19.4. The number of pyridine rings is 1. The van der Waals surface area contributed by atoms with Crippen molar-refractivity contribution in [3.63, 3.8) is 0 Å². The lowest BCUT2D eigenvalue weighted by atomic mass is 9.77. The average molecular weight is 681 g/mol. The summed E-state index contributed by atoms with van der Waals surface area (Å²) in [5.74, 6) is 0.408. The molecule has 0 fully saturated rings. The summed E-state index contributed by atoms with van der Waals surface area (Å²) in [6, 6.07) is 30.7. The maximum atomic E-state index is 15.8. The summed E-state index contributed by atoms with van der Waals surface area (Å²) in [5, 5.41) is 12.7. The minimum atomic E-state index is -4.82. The molecule has 5 aromatic rings. The van der Waals surface area contributed by atoms with Crippen molar-refractivity contribution >= 4 is 6.02 Å². The summed E-state index contributed by atoms with van der Waals surface area (Å²) in [5.41, 5.74) is -0.0182. The highest BCUT2D eigenvalue weighted by Gasteiger charge is 2.51. The van der Waals surface area contributed by atoms with Gasteiger partial charge in [0.1, 0.15) is 28.9 Å². The first-order valence-electron chi connectivity index (χ1n) is 15.6. The Hall–Kier alpha value is -5.89. The van der Waals surface area contributed by atoms with Gasteiger partial charge in [-0.25, -0.2) is 9.38 Å². The molecule has 1 aromatic heterocycles. The average Bonchev–Trinajstić information content (AvgIpc) is 3.14. The Morgan fingerprint density at radius 2 is 1.42 bits per heavy atom. The molecule has 2 atom stereocenters. The molecule has 0 aliphatic carbocycles. The molecule has 0 amide bonds. The van der Waals surface area contributed by atoms with Gasteiger partial charge in [0.2, 0.25) is 0 Å². The number of aromatic nitrogens is 1. The van der Waals surface area contributed by atoms with Crippen molar-refractivity contribution in [2.75, 3.05) is 14.2 Å². The van der Waals surface area contributed by atoms with Gasteiger partial charge in [0.25, 0.3) is 6.02 Å². The second-order valence-electron chi connectivity index (χ2n) is 12.0. The minimum Gasteiger partial charge on any atom is -0.497 e. The maximum absolute atomic E-state index is 15.8. The number of rotatable bonds is 8. The van der Waals surface area contributed by atoms with Crippen LogP contribution in [-0.4, -0.2) is 37.5 Å². The van der Waals surface area contributed by atoms with E-state index in [1.54, 1.807) is 54.6 Å². The van der Waals surface area contributed by atoms with E-state index >= 15 is 4.39 Å². The van der Waals surface area contributed by atoms with Crippen molar-refractivity contribution in [2.24, 2.45) is 4.99 Å². The molecule has 7 nitrogen and oxygen atoms in total. The zero-order valence-corrected chi connectivity index (χ0v) is 27.3. The van der Waals surface area contributed by atoms with Crippen LogP contribution < -0.4 is 14.8 Å². The molecular weight excluding hydrogens is 648 g/mol. The van der Waals surface area contributed by atoms with E-state index in [0.717, 1.165) is 0 Å². The van der Waals surface area contributed by atoms with Gasteiger partial charge in [-0.05, 0) is 71.6 Å². The molecule has 0 unspecified atom stereocenters. The van der Waals surface area contributed by atoms with E-state index in [-0.39, 0.29) is 11.1 Å². The monoisotopic (exact) mass is 680 g/mol. The van der Waals surface area contributed by atoms with Crippen molar-refractivity contribution in [2.45, 2.75) is 36.7 Å². The maximum Gasteiger partial charge on any atom is 0.425 e. The van der Waals surface area contributed by atoms with Crippen molar-refractivity contribution in [1.82, 2.24) is 10.3 Å². The predicted molar refractivity (Wildman–Crippen MR) is 180 cm³/mol. The molecule has 254 valence electrons. The number of hydrogen-bond donors (Lipinski definition) is 1. The highest BCUT2D eigenvalue weighted by molar-refractivity contribution is 5.79. The molecule has 0 saturated carbocycles. The zero-order chi connectivity index (χ0) is 35.5. The summed E-state index contributed by atoms with van der Waals surface area (Å²) < 4.78 is 76.4. The number of nitrogens with one attached hydrogen (secondary N) is 1. The van der Waals surface area contributed by atoms with Gasteiger partial charge in [0, 0.05) is 29.9 Å². The third-order valence-corrected chi connectivity index (χ3v) is 8.84. The molecular formula is C39H32F4N4O3. The summed E-state index contributed by atoms with van der Waals surface area (Å²) >= 11 is 0. The van der Waals surface area contributed by atoms with Crippen LogP contribution in [0.3, 0.4) is 0 Å². The molecule has 0 radical (unpaired) electrons. The topological polar surface area (TPSA) is 88.8 Å². The van der Waals surface area contributed by atoms with Gasteiger partial charge < -0.3 is 19.5 Å². The Labute approximate surface area is 286 Å². The number of hydrogen-bond acceptors (Lipinski definition) is 7. The molecule has 6 rings (SSSR count). The Kier molecular flexibility index (Phi) is 9.21. The molecule has 0 spiro atoms. The molecule has 4 aromatic carbocycles. The summed E-state index contributed by atoms with van der Waals surface area (Å²) in [6.45, 7) is 1.45. The van der Waals surface area contributed by atoms with E-state index in [4.69, 9.17) is 19.2 Å². The van der Waals surface area contributed by atoms with E-state index in [9.17, 15) is 18.4 Å².